The Morgan fingerprint density at radius 3 is 2.50 bits per heavy atom. The van der Waals surface area contributed by atoms with Gasteiger partial charge in [0.05, 0.1) is 18.6 Å². The first-order valence-corrected chi connectivity index (χ1v) is 6.31. The van der Waals surface area contributed by atoms with Crippen LogP contribution in [0.1, 0.15) is 44.0 Å². The van der Waals surface area contributed by atoms with E-state index in [1.807, 2.05) is 26.8 Å². The molecule has 0 heterocycles. The summed E-state index contributed by atoms with van der Waals surface area (Å²) in [5.41, 5.74) is 0.497. The lowest BCUT2D eigenvalue weighted by Crippen LogP contribution is -2.11. The second kappa shape index (κ2) is 6.94. The zero-order valence-corrected chi connectivity index (χ0v) is 11.2. The predicted octanol–water partition coefficient (Wildman–Crippen LogP) is 3.27. The molecule has 0 aliphatic carbocycles. The third-order valence-electron chi connectivity index (χ3n) is 2.48. The van der Waals surface area contributed by atoms with Crippen LogP contribution in [0.25, 0.3) is 0 Å². The number of carbonyl (C=O) groups is 2. The maximum absolute atomic E-state index is 12.0. The van der Waals surface area contributed by atoms with Crippen molar-refractivity contribution < 1.29 is 14.3 Å². The highest BCUT2D eigenvalue weighted by Gasteiger charge is 2.16. The Labute approximate surface area is 108 Å². The number of hydrogen-bond donors (Lipinski definition) is 0. The molecule has 0 spiro atoms. The van der Waals surface area contributed by atoms with Crippen LogP contribution in [0.3, 0.4) is 0 Å². The predicted molar refractivity (Wildman–Crippen MR) is 71.0 cm³/mol. The average Bonchev–Trinajstić information content (AvgIpc) is 2.28. The molecule has 3 heteroatoms. The van der Waals surface area contributed by atoms with Crippen molar-refractivity contribution in [3.63, 3.8) is 0 Å². The second-order valence-electron chi connectivity index (χ2n) is 4.67. The monoisotopic (exact) mass is 248 g/mol. The van der Waals surface area contributed by atoms with Crippen LogP contribution >= 0.6 is 0 Å². The lowest BCUT2D eigenvalue weighted by atomic mass is 10.00. The van der Waals surface area contributed by atoms with Crippen molar-refractivity contribution in [3.05, 3.63) is 29.8 Å². The van der Waals surface area contributed by atoms with Crippen molar-refractivity contribution in [1.82, 2.24) is 0 Å². The van der Waals surface area contributed by atoms with E-state index in [1.54, 1.807) is 18.2 Å². The van der Waals surface area contributed by atoms with Crippen molar-refractivity contribution in [3.8, 4) is 5.75 Å². The summed E-state index contributed by atoms with van der Waals surface area (Å²) in [6.07, 6.45) is 0.408. The number of carbonyl (C=O) groups excluding carboxylic acids is 2. The maximum Gasteiger partial charge on any atom is 0.173 e. The van der Waals surface area contributed by atoms with E-state index in [4.69, 9.17) is 4.74 Å². The summed E-state index contributed by atoms with van der Waals surface area (Å²) < 4.78 is 5.39. The van der Waals surface area contributed by atoms with Gasteiger partial charge in [0.15, 0.2) is 5.78 Å². The lowest BCUT2D eigenvalue weighted by molar-refractivity contribution is -0.118. The van der Waals surface area contributed by atoms with E-state index in [0.29, 0.717) is 24.3 Å². The normalized spacial score (nSPS) is 10.4. The van der Waals surface area contributed by atoms with Crippen molar-refractivity contribution >= 4 is 11.6 Å². The Balaban J connectivity index is 2.75. The zero-order chi connectivity index (χ0) is 13.5. The van der Waals surface area contributed by atoms with E-state index < -0.39 is 0 Å². The van der Waals surface area contributed by atoms with Gasteiger partial charge in [0, 0.05) is 6.42 Å². The lowest BCUT2D eigenvalue weighted by Gasteiger charge is -2.09. The van der Waals surface area contributed by atoms with Crippen LogP contribution in [0.2, 0.25) is 0 Å². The summed E-state index contributed by atoms with van der Waals surface area (Å²) in [6, 6.07) is 7.06. The van der Waals surface area contributed by atoms with Gasteiger partial charge in [-0.3, -0.25) is 9.59 Å². The third-order valence-corrected chi connectivity index (χ3v) is 2.48. The Kier molecular flexibility index (Phi) is 5.56. The maximum atomic E-state index is 12.0. The minimum Gasteiger partial charge on any atom is -0.493 e. The molecule has 1 rings (SSSR count). The minimum atomic E-state index is -0.162. The Bertz CT molecular complexity index is 422. The molecule has 0 radical (unpaired) electrons. The first-order valence-electron chi connectivity index (χ1n) is 6.31. The second-order valence-corrected chi connectivity index (χ2v) is 4.67. The van der Waals surface area contributed by atoms with Crippen LogP contribution in [-0.2, 0) is 4.79 Å². The quantitative estimate of drug-likeness (QED) is 0.549. The molecule has 0 saturated carbocycles. The van der Waals surface area contributed by atoms with Crippen LogP contribution < -0.4 is 4.74 Å². The molecule has 0 aromatic heterocycles. The molecule has 0 N–H and O–H groups in total. The molecule has 1 aromatic rings. The van der Waals surface area contributed by atoms with E-state index in [0.717, 1.165) is 0 Å². The zero-order valence-electron chi connectivity index (χ0n) is 11.2. The molecule has 18 heavy (non-hydrogen) atoms. The summed E-state index contributed by atoms with van der Waals surface area (Å²) >= 11 is 0. The van der Waals surface area contributed by atoms with Gasteiger partial charge in [0.25, 0.3) is 0 Å². The summed E-state index contributed by atoms with van der Waals surface area (Å²) in [6.45, 7) is 6.31. The topological polar surface area (TPSA) is 43.4 Å². The number of benzene rings is 1. The fraction of sp³-hybridized carbons (Fsp3) is 0.467. The molecule has 0 amide bonds. The molecule has 0 bridgehead atoms. The molecule has 0 aliphatic rings. The summed E-state index contributed by atoms with van der Waals surface area (Å²) in [5.74, 6) is 0.667. The van der Waals surface area contributed by atoms with E-state index in [2.05, 4.69) is 0 Å². The van der Waals surface area contributed by atoms with Gasteiger partial charge in [-0.1, -0.05) is 26.0 Å². The Hall–Kier alpha value is -1.64. The third kappa shape index (κ3) is 4.32. The van der Waals surface area contributed by atoms with Gasteiger partial charge in [0.2, 0.25) is 0 Å². The number of Topliss-reactive ketones (excluding diaryl/α,β-unsaturated/α-hetero) is 2. The molecular formula is C15H20O3. The van der Waals surface area contributed by atoms with Crippen molar-refractivity contribution in [2.75, 3.05) is 6.61 Å². The number of ketones is 2. The fourth-order valence-corrected chi connectivity index (χ4v) is 1.78. The van der Waals surface area contributed by atoms with E-state index in [1.165, 1.54) is 0 Å². The Morgan fingerprint density at radius 2 is 1.89 bits per heavy atom. The fourth-order valence-electron chi connectivity index (χ4n) is 1.78. The van der Waals surface area contributed by atoms with Crippen molar-refractivity contribution in [1.29, 1.82) is 0 Å². The SMILES string of the molecule is CCOc1ccccc1C(=O)CC(=O)CC(C)C. The first kappa shape index (κ1) is 14.4. The van der Waals surface area contributed by atoms with Crippen LogP contribution in [0.15, 0.2) is 24.3 Å². The van der Waals surface area contributed by atoms with E-state index in [9.17, 15) is 9.59 Å². The summed E-state index contributed by atoms with van der Waals surface area (Å²) in [4.78, 5) is 23.7. The van der Waals surface area contributed by atoms with Crippen LogP contribution in [0, 0.1) is 5.92 Å². The van der Waals surface area contributed by atoms with Gasteiger partial charge in [0.1, 0.15) is 11.5 Å². The van der Waals surface area contributed by atoms with Gasteiger partial charge < -0.3 is 4.74 Å². The molecule has 0 fully saturated rings. The van der Waals surface area contributed by atoms with Gasteiger partial charge in [-0.15, -0.1) is 0 Å². The molecule has 0 saturated heterocycles. The molecular weight excluding hydrogens is 228 g/mol. The highest BCUT2D eigenvalue weighted by Crippen LogP contribution is 2.20. The molecule has 0 unspecified atom stereocenters. The number of para-hydroxylation sites is 1. The smallest absolute Gasteiger partial charge is 0.173 e. The van der Waals surface area contributed by atoms with E-state index >= 15 is 0 Å². The van der Waals surface area contributed by atoms with Gasteiger partial charge in [-0.2, -0.15) is 0 Å². The number of rotatable bonds is 7. The number of ether oxygens (including phenoxy) is 1. The molecule has 98 valence electrons. The van der Waals surface area contributed by atoms with Crippen LogP contribution in [-0.4, -0.2) is 18.2 Å². The summed E-state index contributed by atoms with van der Waals surface area (Å²) in [7, 11) is 0. The van der Waals surface area contributed by atoms with Crippen molar-refractivity contribution in [2.45, 2.75) is 33.6 Å². The highest BCUT2D eigenvalue weighted by atomic mass is 16.5. The largest absolute Gasteiger partial charge is 0.493 e. The molecule has 3 nitrogen and oxygen atoms in total. The molecule has 0 atom stereocenters. The van der Waals surface area contributed by atoms with Crippen molar-refractivity contribution in [2.24, 2.45) is 5.92 Å². The number of hydrogen-bond acceptors (Lipinski definition) is 3. The molecule has 1 aromatic carbocycles. The molecule has 0 aliphatic heterocycles. The van der Waals surface area contributed by atoms with Gasteiger partial charge >= 0.3 is 0 Å². The Morgan fingerprint density at radius 1 is 1.22 bits per heavy atom. The van der Waals surface area contributed by atoms with E-state index in [-0.39, 0.29) is 23.9 Å². The highest BCUT2D eigenvalue weighted by molar-refractivity contribution is 6.09. The van der Waals surface area contributed by atoms with Gasteiger partial charge in [-0.25, -0.2) is 0 Å². The average molecular weight is 248 g/mol. The van der Waals surface area contributed by atoms with Crippen LogP contribution in [0.4, 0.5) is 0 Å². The van der Waals surface area contributed by atoms with Gasteiger partial charge in [-0.05, 0) is 25.0 Å². The minimum absolute atomic E-state index is 0.0127. The summed E-state index contributed by atoms with van der Waals surface area (Å²) in [5, 5.41) is 0. The standard InChI is InChI=1S/C15H20O3/c1-4-18-15-8-6-5-7-13(15)14(17)10-12(16)9-11(2)3/h5-8,11H,4,9-10H2,1-3H3. The van der Waals surface area contributed by atoms with Crippen LogP contribution in [0.5, 0.6) is 5.75 Å². The first-order chi connectivity index (χ1) is 8.54.